The van der Waals surface area contributed by atoms with Crippen LogP contribution in [0.4, 0.5) is 0 Å². The minimum absolute atomic E-state index is 0.743. The molecule has 2 saturated carbocycles. The highest BCUT2D eigenvalue weighted by Crippen LogP contribution is 2.40. The van der Waals surface area contributed by atoms with E-state index in [1.165, 1.54) is 44.9 Å². The summed E-state index contributed by atoms with van der Waals surface area (Å²) in [6, 6.07) is 0.743. The molecule has 3 unspecified atom stereocenters. The smallest absolute Gasteiger partial charge is 0.0608 e. The van der Waals surface area contributed by atoms with Gasteiger partial charge in [-0.25, -0.2) is 5.01 Å². The maximum Gasteiger partial charge on any atom is 0.0608 e. The largest absolute Gasteiger partial charge is 0.379 e. The van der Waals surface area contributed by atoms with Gasteiger partial charge in [-0.15, -0.1) is 0 Å². The third-order valence-electron chi connectivity index (χ3n) is 4.92. The summed E-state index contributed by atoms with van der Waals surface area (Å²) in [6.45, 7) is 3.91. The molecule has 2 aliphatic carbocycles. The zero-order chi connectivity index (χ0) is 11.5. The third-order valence-corrected chi connectivity index (χ3v) is 4.92. The van der Waals surface area contributed by atoms with E-state index in [1.807, 2.05) is 0 Å². The third kappa shape index (κ3) is 3.01. The van der Waals surface area contributed by atoms with Gasteiger partial charge in [0.15, 0.2) is 0 Å². The van der Waals surface area contributed by atoms with E-state index in [9.17, 15) is 0 Å². The molecule has 17 heavy (non-hydrogen) atoms. The van der Waals surface area contributed by atoms with Gasteiger partial charge in [0.2, 0.25) is 0 Å². The summed E-state index contributed by atoms with van der Waals surface area (Å²) in [7, 11) is 0. The van der Waals surface area contributed by atoms with Gasteiger partial charge >= 0.3 is 0 Å². The van der Waals surface area contributed by atoms with Gasteiger partial charge in [-0.2, -0.15) is 0 Å². The number of fused-ring (bicyclic) bond motifs is 1. The van der Waals surface area contributed by atoms with E-state index in [0.717, 1.165) is 44.2 Å². The molecule has 3 aliphatic rings. The fourth-order valence-electron chi connectivity index (χ4n) is 3.94. The Morgan fingerprint density at radius 1 is 0.882 bits per heavy atom. The van der Waals surface area contributed by atoms with Crippen LogP contribution >= 0.6 is 0 Å². The quantitative estimate of drug-likeness (QED) is 0.798. The van der Waals surface area contributed by atoms with E-state index >= 15 is 0 Å². The fraction of sp³-hybridized carbons (Fsp3) is 1.00. The van der Waals surface area contributed by atoms with E-state index in [-0.39, 0.29) is 0 Å². The molecule has 0 spiro atoms. The SMILES string of the molecule is C1CCC2CC(NN3CCOCC3)CCC2C1. The molecule has 3 nitrogen and oxygen atoms in total. The molecule has 1 saturated heterocycles. The number of nitrogens with zero attached hydrogens (tertiary/aromatic N) is 1. The van der Waals surface area contributed by atoms with Crippen LogP contribution in [0, 0.1) is 11.8 Å². The van der Waals surface area contributed by atoms with Crippen LogP contribution in [-0.4, -0.2) is 37.4 Å². The standard InChI is InChI=1S/C14H26N2O/c1-2-4-13-11-14(6-5-12(13)3-1)15-16-7-9-17-10-8-16/h12-15H,1-11H2. The van der Waals surface area contributed by atoms with E-state index < -0.39 is 0 Å². The van der Waals surface area contributed by atoms with Gasteiger partial charge in [-0.3, -0.25) is 5.43 Å². The van der Waals surface area contributed by atoms with Crippen molar-refractivity contribution in [3.05, 3.63) is 0 Å². The molecule has 0 bridgehead atoms. The second-order valence-electron chi connectivity index (χ2n) is 6.04. The summed E-state index contributed by atoms with van der Waals surface area (Å²) < 4.78 is 5.39. The zero-order valence-corrected chi connectivity index (χ0v) is 10.9. The monoisotopic (exact) mass is 238 g/mol. The van der Waals surface area contributed by atoms with Crippen LogP contribution < -0.4 is 5.43 Å². The fourth-order valence-corrected chi connectivity index (χ4v) is 3.94. The molecule has 3 fully saturated rings. The molecule has 1 aliphatic heterocycles. The van der Waals surface area contributed by atoms with E-state index in [2.05, 4.69) is 10.4 Å². The Labute approximate surface area is 105 Å². The molecule has 1 heterocycles. The average Bonchev–Trinajstić information content (AvgIpc) is 2.40. The minimum atomic E-state index is 0.743. The van der Waals surface area contributed by atoms with Gasteiger partial charge in [0.1, 0.15) is 0 Å². The highest BCUT2D eigenvalue weighted by Gasteiger charge is 2.32. The topological polar surface area (TPSA) is 24.5 Å². The number of hydrogen-bond donors (Lipinski definition) is 1. The van der Waals surface area contributed by atoms with Crippen LogP contribution in [0.2, 0.25) is 0 Å². The van der Waals surface area contributed by atoms with Gasteiger partial charge in [0.25, 0.3) is 0 Å². The Morgan fingerprint density at radius 3 is 2.47 bits per heavy atom. The normalized spacial score (nSPS) is 39.9. The Hall–Kier alpha value is -0.120. The molecule has 3 heteroatoms. The molecule has 0 radical (unpaired) electrons. The zero-order valence-electron chi connectivity index (χ0n) is 10.9. The van der Waals surface area contributed by atoms with Crippen LogP contribution in [-0.2, 0) is 4.74 Å². The van der Waals surface area contributed by atoms with Crippen LogP contribution in [0.5, 0.6) is 0 Å². The summed E-state index contributed by atoms with van der Waals surface area (Å²) in [5, 5.41) is 2.39. The van der Waals surface area contributed by atoms with Crippen LogP contribution in [0.15, 0.2) is 0 Å². The van der Waals surface area contributed by atoms with Crippen LogP contribution in [0.25, 0.3) is 0 Å². The molecule has 1 N–H and O–H groups in total. The highest BCUT2D eigenvalue weighted by atomic mass is 16.5. The first-order chi connectivity index (χ1) is 8.42. The summed E-state index contributed by atoms with van der Waals surface area (Å²) in [5.74, 6) is 2.09. The number of hydrogen-bond acceptors (Lipinski definition) is 3. The lowest BCUT2D eigenvalue weighted by Crippen LogP contribution is -2.52. The predicted molar refractivity (Wildman–Crippen MR) is 68.6 cm³/mol. The number of ether oxygens (including phenoxy) is 1. The van der Waals surface area contributed by atoms with Crippen molar-refractivity contribution in [1.82, 2.24) is 10.4 Å². The van der Waals surface area contributed by atoms with Crippen molar-refractivity contribution in [2.45, 2.75) is 51.0 Å². The van der Waals surface area contributed by atoms with Crippen molar-refractivity contribution in [1.29, 1.82) is 0 Å². The van der Waals surface area contributed by atoms with Crippen molar-refractivity contribution >= 4 is 0 Å². The molecule has 98 valence electrons. The van der Waals surface area contributed by atoms with Gasteiger partial charge in [0.05, 0.1) is 13.2 Å². The summed E-state index contributed by atoms with van der Waals surface area (Å²) in [6.07, 6.45) is 10.2. The Balaban J connectivity index is 1.48. The van der Waals surface area contributed by atoms with E-state index in [1.54, 1.807) is 0 Å². The molecular weight excluding hydrogens is 212 g/mol. The predicted octanol–water partition coefficient (Wildman–Crippen LogP) is 2.18. The summed E-state index contributed by atoms with van der Waals surface area (Å²) in [4.78, 5) is 0. The average molecular weight is 238 g/mol. The Bertz CT molecular complexity index is 238. The van der Waals surface area contributed by atoms with Crippen molar-refractivity contribution in [3.8, 4) is 0 Å². The van der Waals surface area contributed by atoms with Crippen LogP contribution in [0.1, 0.15) is 44.9 Å². The maximum atomic E-state index is 5.39. The highest BCUT2D eigenvalue weighted by molar-refractivity contribution is 4.85. The lowest BCUT2D eigenvalue weighted by atomic mass is 9.69. The Morgan fingerprint density at radius 2 is 1.65 bits per heavy atom. The molecule has 3 atom stereocenters. The first-order valence-electron chi connectivity index (χ1n) is 7.50. The van der Waals surface area contributed by atoms with E-state index in [4.69, 9.17) is 4.74 Å². The number of nitrogens with one attached hydrogen (secondary N) is 1. The van der Waals surface area contributed by atoms with Gasteiger partial charge < -0.3 is 4.74 Å². The summed E-state index contributed by atoms with van der Waals surface area (Å²) >= 11 is 0. The van der Waals surface area contributed by atoms with Crippen molar-refractivity contribution in [3.63, 3.8) is 0 Å². The minimum Gasteiger partial charge on any atom is -0.379 e. The second kappa shape index (κ2) is 5.68. The lowest BCUT2D eigenvalue weighted by molar-refractivity contribution is -0.00698. The lowest BCUT2D eigenvalue weighted by Gasteiger charge is -2.41. The maximum absolute atomic E-state index is 5.39. The number of hydrazine groups is 1. The first kappa shape index (κ1) is 11.9. The first-order valence-corrected chi connectivity index (χ1v) is 7.50. The molecule has 0 aromatic rings. The summed E-state index contributed by atoms with van der Waals surface area (Å²) in [5.41, 5.74) is 3.74. The molecule has 0 aromatic heterocycles. The molecule has 0 aromatic carbocycles. The molecule has 3 rings (SSSR count). The van der Waals surface area contributed by atoms with Crippen molar-refractivity contribution < 1.29 is 4.74 Å². The van der Waals surface area contributed by atoms with Crippen LogP contribution in [0.3, 0.4) is 0 Å². The molecular formula is C14H26N2O. The van der Waals surface area contributed by atoms with Gasteiger partial charge in [-0.05, 0) is 31.1 Å². The second-order valence-corrected chi connectivity index (χ2v) is 6.04. The van der Waals surface area contributed by atoms with Gasteiger partial charge in [0, 0.05) is 19.1 Å². The van der Waals surface area contributed by atoms with Crippen molar-refractivity contribution in [2.24, 2.45) is 11.8 Å². The number of rotatable bonds is 2. The molecule has 0 amide bonds. The van der Waals surface area contributed by atoms with Gasteiger partial charge in [-0.1, -0.05) is 25.7 Å². The van der Waals surface area contributed by atoms with Crippen molar-refractivity contribution in [2.75, 3.05) is 26.3 Å². The van der Waals surface area contributed by atoms with E-state index in [0.29, 0.717) is 0 Å². The number of morpholine rings is 1. The Kier molecular flexibility index (Phi) is 3.99.